The third-order valence-corrected chi connectivity index (χ3v) is 5.83. The van der Waals surface area contributed by atoms with Crippen LogP contribution in [0.4, 0.5) is 0 Å². The molecule has 0 atom stereocenters. The summed E-state index contributed by atoms with van der Waals surface area (Å²) in [5.74, 6) is 0. The normalized spacial score (nSPS) is 11.6. The Balaban J connectivity index is 0.000000845. The Hall–Kier alpha value is -1.14. The SMILES string of the molecule is [Cl-].[Cl-].[Zr+2][c]1cccc2c1c1c(c3ccccc32)-c2ccccc2C1. The molecule has 1 aliphatic carbocycles. The van der Waals surface area contributed by atoms with Crippen LogP contribution in [0.15, 0.2) is 66.7 Å². The zero-order valence-corrected chi connectivity index (χ0v) is 16.8. The van der Waals surface area contributed by atoms with Gasteiger partial charge in [0.2, 0.25) is 0 Å². The van der Waals surface area contributed by atoms with E-state index in [1.54, 1.807) is 0 Å². The van der Waals surface area contributed by atoms with Crippen molar-refractivity contribution in [2.24, 2.45) is 0 Å². The predicted molar refractivity (Wildman–Crippen MR) is 89.3 cm³/mol. The van der Waals surface area contributed by atoms with Crippen LogP contribution in [0.5, 0.6) is 0 Å². The number of hydrogen-bond donors (Lipinski definition) is 0. The van der Waals surface area contributed by atoms with E-state index in [-0.39, 0.29) is 24.8 Å². The zero-order chi connectivity index (χ0) is 14.7. The molecule has 0 bridgehead atoms. The molecule has 0 spiro atoms. The first-order chi connectivity index (χ1) is 10.8. The van der Waals surface area contributed by atoms with E-state index in [9.17, 15) is 0 Å². The quantitative estimate of drug-likeness (QED) is 0.271. The second-order valence-electron chi connectivity index (χ2n) is 5.96. The summed E-state index contributed by atoms with van der Waals surface area (Å²) in [5.41, 5.74) is 5.89. The molecule has 0 unspecified atom stereocenters. The molecule has 5 rings (SSSR count). The van der Waals surface area contributed by atoms with Crippen LogP contribution in [-0.2, 0) is 31.1 Å². The van der Waals surface area contributed by atoms with Crippen LogP contribution in [0.2, 0.25) is 0 Å². The third kappa shape index (κ3) is 2.38. The Morgan fingerprint density at radius 2 is 1.33 bits per heavy atom. The molecule has 1 aliphatic rings. The molecule has 4 aromatic rings. The van der Waals surface area contributed by atoms with Crippen LogP contribution >= 0.6 is 0 Å². The van der Waals surface area contributed by atoms with Crippen molar-refractivity contribution in [3.8, 4) is 11.1 Å². The maximum atomic E-state index is 2.29. The van der Waals surface area contributed by atoms with Gasteiger partial charge in [0.1, 0.15) is 0 Å². The van der Waals surface area contributed by atoms with Gasteiger partial charge in [-0.1, -0.05) is 0 Å². The van der Waals surface area contributed by atoms with Gasteiger partial charge in [0, 0.05) is 0 Å². The van der Waals surface area contributed by atoms with Gasteiger partial charge in [-0.3, -0.25) is 0 Å². The summed E-state index contributed by atoms with van der Waals surface area (Å²) >= 11 is 1.50. The minimum absolute atomic E-state index is 0. The standard InChI is InChI=1S/C21H13.2ClH.Zr/c1-2-8-15-14(7-1)13-20-18-11-4-3-9-16(18)17-10-5-6-12-19(17)21(15)20;;;/h1-10,12H,13H2;2*1H;/q;;;+2/p-2. The van der Waals surface area contributed by atoms with Crippen LogP contribution in [0, 0.1) is 0 Å². The van der Waals surface area contributed by atoms with E-state index in [4.69, 9.17) is 0 Å². The second-order valence-corrected chi connectivity index (χ2v) is 7.29. The monoisotopic (exact) mass is 425 g/mol. The fourth-order valence-electron chi connectivity index (χ4n) is 3.92. The van der Waals surface area contributed by atoms with Crippen molar-refractivity contribution in [1.29, 1.82) is 0 Å². The molecule has 24 heavy (non-hydrogen) atoms. The van der Waals surface area contributed by atoms with Gasteiger partial charge < -0.3 is 24.8 Å². The molecule has 4 aromatic carbocycles. The molecular weight excluding hydrogens is 414 g/mol. The Morgan fingerprint density at radius 3 is 2.17 bits per heavy atom. The number of benzene rings is 4. The van der Waals surface area contributed by atoms with E-state index in [2.05, 4.69) is 66.7 Å². The van der Waals surface area contributed by atoms with Gasteiger partial charge in [-0.2, -0.15) is 0 Å². The molecule has 0 amide bonds. The third-order valence-electron chi connectivity index (χ3n) is 4.81. The number of halogens is 2. The Labute approximate surface area is 168 Å². The van der Waals surface area contributed by atoms with Gasteiger partial charge in [0.05, 0.1) is 0 Å². The van der Waals surface area contributed by atoms with Gasteiger partial charge in [-0.15, -0.1) is 0 Å². The molecule has 0 saturated carbocycles. The van der Waals surface area contributed by atoms with E-state index >= 15 is 0 Å². The van der Waals surface area contributed by atoms with Gasteiger partial charge in [0.25, 0.3) is 0 Å². The second kappa shape index (κ2) is 6.64. The van der Waals surface area contributed by atoms with E-state index in [1.807, 2.05) is 0 Å². The first kappa shape index (κ1) is 17.7. The van der Waals surface area contributed by atoms with Gasteiger partial charge in [0.15, 0.2) is 0 Å². The van der Waals surface area contributed by atoms with Gasteiger partial charge in [-0.25, -0.2) is 0 Å². The molecule has 115 valence electrons. The summed E-state index contributed by atoms with van der Waals surface area (Å²) < 4.78 is 1.47. The number of rotatable bonds is 0. The molecule has 0 fully saturated rings. The summed E-state index contributed by atoms with van der Waals surface area (Å²) in [6.07, 6.45) is 1.07. The first-order valence-electron chi connectivity index (χ1n) is 7.61. The fraction of sp³-hybridized carbons (Fsp3) is 0.0476. The molecule has 0 saturated heterocycles. The Morgan fingerprint density at radius 1 is 0.667 bits per heavy atom. The van der Waals surface area contributed by atoms with Crippen LogP contribution in [0.3, 0.4) is 0 Å². The number of fused-ring (bicyclic) bond motifs is 8. The molecule has 0 heterocycles. The summed E-state index contributed by atoms with van der Waals surface area (Å²) in [4.78, 5) is 0. The topological polar surface area (TPSA) is 0 Å². The van der Waals surface area contributed by atoms with Gasteiger partial charge >= 0.3 is 145 Å². The average Bonchev–Trinajstić information content (AvgIpc) is 2.94. The van der Waals surface area contributed by atoms with Gasteiger partial charge in [-0.05, 0) is 0 Å². The van der Waals surface area contributed by atoms with Crippen molar-refractivity contribution in [1.82, 2.24) is 0 Å². The van der Waals surface area contributed by atoms with Crippen LogP contribution < -0.4 is 28.1 Å². The number of hydrogen-bond acceptors (Lipinski definition) is 0. The van der Waals surface area contributed by atoms with E-state index in [0.717, 1.165) is 6.42 Å². The van der Waals surface area contributed by atoms with Crippen molar-refractivity contribution >= 4 is 24.8 Å². The van der Waals surface area contributed by atoms with Crippen molar-refractivity contribution in [3.05, 3.63) is 77.9 Å². The molecule has 0 radical (unpaired) electrons. The predicted octanol–water partition coefficient (Wildman–Crippen LogP) is -1.26. The van der Waals surface area contributed by atoms with Crippen molar-refractivity contribution in [3.63, 3.8) is 0 Å². The van der Waals surface area contributed by atoms with Crippen LogP contribution in [0.25, 0.3) is 32.7 Å². The molecule has 0 nitrogen and oxygen atoms in total. The fourth-order valence-corrected chi connectivity index (χ4v) is 4.86. The summed E-state index contributed by atoms with van der Waals surface area (Å²) in [7, 11) is 0. The van der Waals surface area contributed by atoms with Crippen LogP contribution in [0.1, 0.15) is 11.1 Å². The van der Waals surface area contributed by atoms with E-state index in [1.165, 1.54) is 71.8 Å². The average molecular weight is 427 g/mol. The van der Waals surface area contributed by atoms with E-state index < -0.39 is 0 Å². The summed E-state index contributed by atoms with van der Waals surface area (Å²) in [5, 5.41) is 5.69. The Kier molecular flexibility index (Phi) is 4.89. The van der Waals surface area contributed by atoms with Crippen molar-refractivity contribution in [2.75, 3.05) is 0 Å². The molecular formula is C21H13Cl2Zr. The van der Waals surface area contributed by atoms with Crippen molar-refractivity contribution < 1.29 is 49.5 Å². The molecule has 0 N–H and O–H groups in total. The molecule has 0 aromatic heterocycles. The molecule has 0 aliphatic heterocycles. The zero-order valence-electron chi connectivity index (χ0n) is 12.8. The summed E-state index contributed by atoms with van der Waals surface area (Å²) in [6, 6.07) is 24.5. The van der Waals surface area contributed by atoms with E-state index in [0.29, 0.717) is 0 Å². The first-order valence-corrected chi connectivity index (χ1v) is 8.83. The Bertz CT molecular complexity index is 1070. The molecule has 3 heteroatoms. The van der Waals surface area contributed by atoms with Crippen molar-refractivity contribution in [2.45, 2.75) is 6.42 Å². The maximum absolute atomic E-state index is 2.29. The minimum atomic E-state index is 0. The summed E-state index contributed by atoms with van der Waals surface area (Å²) in [6.45, 7) is 0. The van der Waals surface area contributed by atoms with Crippen LogP contribution in [-0.4, -0.2) is 0 Å².